The number of hydrogen-bond donors (Lipinski definition) is 4. The van der Waals surface area contributed by atoms with E-state index in [1.54, 1.807) is 0 Å². The highest BCUT2D eigenvalue weighted by Crippen LogP contribution is 2.43. The van der Waals surface area contributed by atoms with Gasteiger partial charge >= 0.3 is 23.9 Å². The molecule has 0 bridgehead atoms. The highest BCUT2D eigenvalue weighted by molar-refractivity contribution is 14.1. The van der Waals surface area contributed by atoms with Crippen molar-refractivity contribution in [2.75, 3.05) is 0 Å². The van der Waals surface area contributed by atoms with Gasteiger partial charge in [-0.05, 0) is 51.9 Å². The summed E-state index contributed by atoms with van der Waals surface area (Å²) >= 11 is 1.91. The second-order valence-electron chi connectivity index (χ2n) is 7.76. The molecule has 0 heterocycles. The normalized spacial score (nSPS) is 12.0. The first-order valence-electron chi connectivity index (χ1n) is 10.6. The second-order valence-corrected chi connectivity index (χ2v) is 8.92. The Morgan fingerprint density at radius 1 is 0.784 bits per heavy atom. The van der Waals surface area contributed by atoms with E-state index >= 15 is 0 Å². The molecule has 0 aromatic heterocycles. The molecular weight excluding hydrogens is 603 g/mol. The molecule has 0 saturated heterocycles. The first-order chi connectivity index (χ1) is 17.2. The van der Waals surface area contributed by atoms with Gasteiger partial charge in [0.1, 0.15) is 11.5 Å². The van der Waals surface area contributed by atoms with E-state index in [9.17, 15) is 39.0 Å². The summed E-state index contributed by atoms with van der Waals surface area (Å²) in [6.07, 6.45) is 0. The van der Waals surface area contributed by atoms with Crippen LogP contribution in [0.1, 0.15) is 50.9 Å². The predicted molar refractivity (Wildman–Crippen MR) is 136 cm³/mol. The third-order valence-corrected chi connectivity index (χ3v) is 5.66. The van der Waals surface area contributed by atoms with Crippen LogP contribution >= 0.6 is 22.6 Å². The van der Waals surface area contributed by atoms with Gasteiger partial charge in [0.2, 0.25) is 11.8 Å². The largest absolute Gasteiger partial charge is 0.479 e. The number of carbonyl (C=O) groups excluding carboxylic acids is 4. The van der Waals surface area contributed by atoms with Gasteiger partial charge in [0.05, 0.1) is 0 Å². The van der Waals surface area contributed by atoms with Crippen molar-refractivity contribution in [3.05, 3.63) is 45.0 Å². The summed E-state index contributed by atoms with van der Waals surface area (Å²) in [6, 6.07) is 3.64. The molecule has 13 heteroatoms. The number of ether oxygens (including phenoxy) is 2. The monoisotopic (exact) mass is 626 g/mol. The molecule has 2 aromatic carbocycles. The van der Waals surface area contributed by atoms with E-state index in [1.807, 2.05) is 22.6 Å². The van der Waals surface area contributed by atoms with Gasteiger partial charge in [-0.1, -0.05) is 6.07 Å². The quantitative estimate of drug-likeness (QED) is 0.183. The third-order valence-electron chi connectivity index (χ3n) is 4.71. The van der Waals surface area contributed by atoms with Gasteiger partial charge in [0, 0.05) is 48.5 Å². The van der Waals surface area contributed by atoms with Crippen LogP contribution in [-0.2, 0) is 28.8 Å². The molecular formula is C24H23IN2O10. The summed E-state index contributed by atoms with van der Waals surface area (Å²) < 4.78 is 10.9. The maximum absolute atomic E-state index is 12.2. The standard InChI is InChI=1S/C24H23IN2O10/c1-10(28)26-21(23(32)33)14-5-6-18(25)16(7-14)20-17(22(24(34)35)27-11(2)29)8-15(36-12(3)30)9-19(20)37-13(4)31/h5-9,21-22H,1-4H3,(H,26,28)(H,27,29)(H,32,33)(H,34,35)/t21-,22+/m1/s1. The molecule has 12 nitrogen and oxygen atoms in total. The Kier molecular flexibility index (Phi) is 9.71. The Labute approximate surface area is 224 Å². The highest BCUT2D eigenvalue weighted by Gasteiger charge is 2.30. The topological polar surface area (TPSA) is 185 Å². The number of esters is 2. The zero-order valence-corrected chi connectivity index (χ0v) is 22.2. The molecule has 0 radical (unpaired) electrons. The number of hydrogen-bond acceptors (Lipinski definition) is 8. The summed E-state index contributed by atoms with van der Waals surface area (Å²) in [4.78, 5) is 71.1. The maximum Gasteiger partial charge on any atom is 0.330 e. The van der Waals surface area contributed by atoms with Crippen molar-refractivity contribution in [1.29, 1.82) is 0 Å². The van der Waals surface area contributed by atoms with Crippen molar-refractivity contribution in [3.63, 3.8) is 0 Å². The second kappa shape index (κ2) is 12.3. The lowest BCUT2D eigenvalue weighted by Gasteiger charge is -2.23. The molecule has 0 saturated carbocycles. The van der Waals surface area contributed by atoms with Crippen LogP contribution < -0.4 is 20.1 Å². The smallest absolute Gasteiger partial charge is 0.330 e. The van der Waals surface area contributed by atoms with Gasteiger partial charge in [-0.3, -0.25) is 19.2 Å². The van der Waals surface area contributed by atoms with E-state index in [-0.39, 0.29) is 33.8 Å². The lowest BCUT2D eigenvalue weighted by molar-refractivity contribution is -0.142. The van der Waals surface area contributed by atoms with Crippen molar-refractivity contribution < 1.29 is 48.5 Å². The Morgan fingerprint density at radius 3 is 1.81 bits per heavy atom. The number of halogens is 1. The predicted octanol–water partition coefficient (Wildman–Crippen LogP) is 2.33. The van der Waals surface area contributed by atoms with Crippen LogP contribution in [-0.4, -0.2) is 45.9 Å². The number of amides is 2. The van der Waals surface area contributed by atoms with Crippen LogP contribution in [0.4, 0.5) is 0 Å². The van der Waals surface area contributed by atoms with Gasteiger partial charge in [-0.15, -0.1) is 0 Å². The molecule has 2 amide bonds. The first-order valence-corrected chi connectivity index (χ1v) is 11.6. The van der Waals surface area contributed by atoms with E-state index in [0.717, 1.165) is 27.7 Å². The van der Waals surface area contributed by atoms with E-state index < -0.39 is 47.8 Å². The summed E-state index contributed by atoms with van der Waals surface area (Å²) in [6.45, 7) is 4.47. The number of carboxylic acids is 2. The highest BCUT2D eigenvalue weighted by atomic mass is 127. The Balaban J connectivity index is 2.99. The molecule has 2 atom stereocenters. The molecule has 4 N–H and O–H groups in total. The van der Waals surface area contributed by atoms with Crippen molar-refractivity contribution in [2.24, 2.45) is 0 Å². The zero-order chi connectivity index (χ0) is 28.0. The zero-order valence-electron chi connectivity index (χ0n) is 20.1. The Morgan fingerprint density at radius 2 is 1.32 bits per heavy atom. The van der Waals surface area contributed by atoms with Crippen molar-refractivity contribution >= 4 is 58.3 Å². The summed E-state index contributed by atoms with van der Waals surface area (Å²) in [7, 11) is 0. The van der Waals surface area contributed by atoms with Crippen LogP contribution in [0.5, 0.6) is 11.5 Å². The SMILES string of the molecule is CC(=O)N[C@H](C(=O)O)c1cc(OC(C)=O)cc(OC(C)=O)c1-c1cc([C@@H](NC(C)=O)C(=O)O)ccc1I. The molecule has 0 aliphatic carbocycles. The van der Waals surface area contributed by atoms with Crippen LogP contribution in [0.3, 0.4) is 0 Å². The third kappa shape index (κ3) is 7.73. The maximum atomic E-state index is 12.2. The number of rotatable bonds is 9. The van der Waals surface area contributed by atoms with Crippen molar-refractivity contribution in [2.45, 2.75) is 39.8 Å². The molecule has 196 valence electrons. The number of carboxylic acid groups (broad SMARTS) is 2. The fraction of sp³-hybridized carbons (Fsp3) is 0.250. The lowest BCUT2D eigenvalue weighted by atomic mass is 9.91. The summed E-state index contributed by atoms with van der Waals surface area (Å²) in [5.74, 6) is -6.01. The summed E-state index contributed by atoms with van der Waals surface area (Å²) in [5, 5.41) is 24.2. The van der Waals surface area contributed by atoms with Crippen molar-refractivity contribution in [3.8, 4) is 22.6 Å². The molecule has 2 aromatic rings. The molecule has 2 rings (SSSR count). The molecule has 0 unspecified atom stereocenters. The number of aliphatic carboxylic acids is 2. The number of carbonyl (C=O) groups is 6. The van der Waals surface area contributed by atoms with E-state index in [2.05, 4.69) is 10.6 Å². The number of benzene rings is 2. The molecule has 0 spiro atoms. The van der Waals surface area contributed by atoms with Crippen LogP contribution in [0.2, 0.25) is 0 Å². The van der Waals surface area contributed by atoms with Gasteiger partial charge in [-0.2, -0.15) is 0 Å². The van der Waals surface area contributed by atoms with E-state index in [4.69, 9.17) is 9.47 Å². The minimum Gasteiger partial charge on any atom is -0.479 e. The van der Waals surface area contributed by atoms with Gasteiger partial charge < -0.3 is 30.3 Å². The average Bonchev–Trinajstić information content (AvgIpc) is 2.75. The molecule has 0 fully saturated rings. The van der Waals surface area contributed by atoms with E-state index in [0.29, 0.717) is 3.57 Å². The molecule has 37 heavy (non-hydrogen) atoms. The lowest BCUT2D eigenvalue weighted by Crippen LogP contribution is -2.33. The average molecular weight is 626 g/mol. The van der Waals surface area contributed by atoms with Gasteiger partial charge in [0.25, 0.3) is 0 Å². The van der Waals surface area contributed by atoms with Gasteiger partial charge in [-0.25, -0.2) is 9.59 Å². The minimum absolute atomic E-state index is 0.0189. The first kappa shape index (κ1) is 29.2. The fourth-order valence-electron chi connectivity index (χ4n) is 3.47. The number of nitrogens with one attached hydrogen (secondary N) is 2. The Hall–Kier alpha value is -4.01. The molecule has 0 aliphatic rings. The van der Waals surface area contributed by atoms with Gasteiger partial charge in [0.15, 0.2) is 12.1 Å². The van der Waals surface area contributed by atoms with E-state index in [1.165, 1.54) is 30.3 Å². The summed E-state index contributed by atoms with van der Waals surface area (Å²) in [5.41, 5.74) is 0.268. The Bertz CT molecular complexity index is 1290. The minimum atomic E-state index is -1.68. The fourth-order valence-corrected chi connectivity index (χ4v) is 4.07. The molecule has 0 aliphatic heterocycles. The van der Waals surface area contributed by atoms with Crippen LogP contribution in [0.15, 0.2) is 30.3 Å². The van der Waals surface area contributed by atoms with Crippen LogP contribution in [0, 0.1) is 3.57 Å². The van der Waals surface area contributed by atoms with Crippen molar-refractivity contribution in [1.82, 2.24) is 10.6 Å². The van der Waals surface area contributed by atoms with Crippen LogP contribution in [0.25, 0.3) is 11.1 Å².